The van der Waals surface area contributed by atoms with Crippen LogP contribution in [0, 0.1) is 11.6 Å². The van der Waals surface area contributed by atoms with Crippen molar-refractivity contribution in [3.05, 3.63) is 82.7 Å². The molecule has 0 aliphatic rings. The van der Waals surface area contributed by atoms with Gasteiger partial charge in [-0.15, -0.1) is 0 Å². The molecule has 28 heavy (non-hydrogen) atoms. The summed E-state index contributed by atoms with van der Waals surface area (Å²) in [6, 6.07) is 14.1. The second kappa shape index (κ2) is 8.90. The highest BCUT2D eigenvalue weighted by atomic mass is 19.1. The summed E-state index contributed by atoms with van der Waals surface area (Å²) in [7, 11) is 0. The van der Waals surface area contributed by atoms with Crippen molar-refractivity contribution in [3.63, 3.8) is 0 Å². The van der Waals surface area contributed by atoms with Crippen LogP contribution < -0.4 is 15.6 Å². The Morgan fingerprint density at radius 1 is 1.04 bits per heavy atom. The van der Waals surface area contributed by atoms with Gasteiger partial charge in [0.15, 0.2) is 6.61 Å². The van der Waals surface area contributed by atoms with Gasteiger partial charge >= 0.3 is 0 Å². The maximum atomic E-state index is 13.1. The number of nitrogens with one attached hydrogen (secondary N) is 1. The molecule has 0 atom stereocenters. The highest BCUT2D eigenvalue weighted by Gasteiger charge is 2.06. The molecule has 3 aromatic rings. The zero-order valence-electron chi connectivity index (χ0n) is 14.8. The number of hydrogen-bond acceptors (Lipinski definition) is 4. The Balaban J connectivity index is 1.54. The first-order valence-corrected chi connectivity index (χ1v) is 8.50. The standard InChI is InChI=1S/C20H17F2N3O3/c21-15-6-4-14(5-7-15)18-8-9-20(27)25(24-18)11-10-23-19(26)13-28-17-3-1-2-16(22)12-17/h1-9,12H,10-11,13H2,(H,23,26). The quantitative estimate of drug-likeness (QED) is 0.678. The molecule has 1 heterocycles. The van der Waals surface area contributed by atoms with E-state index in [0.717, 1.165) is 0 Å². The number of nitrogens with zero attached hydrogens (tertiary/aromatic N) is 2. The maximum Gasteiger partial charge on any atom is 0.266 e. The Hall–Kier alpha value is -3.55. The number of halogens is 2. The number of benzene rings is 2. The van der Waals surface area contributed by atoms with E-state index in [4.69, 9.17) is 4.74 Å². The highest BCUT2D eigenvalue weighted by Crippen LogP contribution is 2.15. The number of hydrogen-bond donors (Lipinski definition) is 1. The number of aromatic nitrogens is 2. The number of rotatable bonds is 7. The maximum absolute atomic E-state index is 13.1. The van der Waals surface area contributed by atoms with Crippen LogP contribution in [-0.2, 0) is 11.3 Å². The molecule has 1 aromatic heterocycles. The lowest BCUT2D eigenvalue weighted by Crippen LogP contribution is -2.34. The van der Waals surface area contributed by atoms with Crippen molar-refractivity contribution in [3.8, 4) is 17.0 Å². The van der Waals surface area contributed by atoms with Gasteiger partial charge in [-0.25, -0.2) is 13.5 Å². The number of ether oxygens (including phenoxy) is 1. The van der Waals surface area contributed by atoms with Crippen molar-refractivity contribution in [2.45, 2.75) is 6.54 Å². The fourth-order valence-corrected chi connectivity index (χ4v) is 2.44. The number of carbonyl (C=O) groups is 1. The van der Waals surface area contributed by atoms with E-state index in [1.165, 1.54) is 41.1 Å². The second-order valence-electron chi connectivity index (χ2n) is 5.88. The first-order valence-electron chi connectivity index (χ1n) is 8.50. The Bertz CT molecular complexity index is 1020. The van der Waals surface area contributed by atoms with Gasteiger partial charge in [0, 0.05) is 24.2 Å². The molecule has 8 heteroatoms. The average Bonchev–Trinajstić information content (AvgIpc) is 2.68. The van der Waals surface area contributed by atoms with E-state index in [9.17, 15) is 18.4 Å². The average molecular weight is 385 g/mol. The van der Waals surface area contributed by atoms with E-state index in [1.54, 1.807) is 24.3 Å². The van der Waals surface area contributed by atoms with E-state index < -0.39 is 11.7 Å². The van der Waals surface area contributed by atoms with E-state index in [0.29, 0.717) is 11.3 Å². The summed E-state index contributed by atoms with van der Waals surface area (Å²) in [5, 5.41) is 6.83. The largest absolute Gasteiger partial charge is 0.484 e. The minimum atomic E-state index is -0.454. The van der Waals surface area contributed by atoms with Crippen molar-refractivity contribution < 1.29 is 18.3 Å². The van der Waals surface area contributed by atoms with Crippen LogP contribution in [0.4, 0.5) is 8.78 Å². The van der Waals surface area contributed by atoms with Gasteiger partial charge in [-0.05, 0) is 42.5 Å². The molecule has 2 aromatic carbocycles. The summed E-state index contributed by atoms with van der Waals surface area (Å²) in [5.74, 6) is -0.975. The third kappa shape index (κ3) is 5.23. The van der Waals surface area contributed by atoms with Crippen LogP contribution in [-0.4, -0.2) is 28.8 Å². The second-order valence-corrected chi connectivity index (χ2v) is 5.88. The van der Waals surface area contributed by atoms with Crippen LogP contribution in [0.15, 0.2) is 65.5 Å². The fraction of sp³-hybridized carbons (Fsp3) is 0.150. The first-order chi connectivity index (χ1) is 13.5. The van der Waals surface area contributed by atoms with Crippen LogP contribution >= 0.6 is 0 Å². The van der Waals surface area contributed by atoms with E-state index in [2.05, 4.69) is 10.4 Å². The summed E-state index contributed by atoms with van der Waals surface area (Å²) in [6.07, 6.45) is 0. The van der Waals surface area contributed by atoms with Gasteiger partial charge in [-0.1, -0.05) is 6.07 Å². The highest BCUT2D eigenvalue weighted by molar-refractivity contribution is 5.77. The predicted molar refractivity (Wildman–Crippen MR) is 98.8 cm³/mol. The van der Waals surface area contributed by atoms with E-state index in [1.807, 2.05) is 0 Å². The summed E-state index contributed by atoms with van der Waals surface area (Å²) < 4.78 is 32.5. The molecule has 0 radical (unpaired) electrons. The van der Waals surface area contributed by atoms with Crippen LogP contribution in [0.3, 0.4) is 0 Å². The van der Waals surface area contributed by atoms with Gasteiger partial charge in [0.2, 0.25) is 0 Å². The molecule has 0 spiro atoms. The fourth-order valence-electron chi connectivity index (χ4n) is 2.44. The van der Waals surface area contributed by atoms with E-state index in [-0.39, 0.29) is 36.8 Å². The number of carbonyl (C=O) groups excluding carboxylic acids is 1. The van der Waals surface area contributed by atoms with E-state index >= 15 is 0 Å². The molecule has 1 N–H and O–H groups in total. The van der Waals surface area contributed by atoms with Crippen molar-refractivity contribution in [1.29, 1.82) is 0 Å². The lowest BCUT2D eigenvalue weighted by molar-refractivity contribution is -0.123. The molecular formula is C20H17F2N3O3. The van der Waals surface area contributed by atoms with Crippen molar-refractivity contribution in [1.82, 2.24) is 15.1 Å². The minimum absolute atomic E-state index is 0.152. The monoisotopic (exact) mass is 385 g/mol. The topological polar surface area (TPSA) is 73.2 Å². The Labute approximate surface area is 159 Å². The van der Waals surface area contributed by atoms with Crippen molar-refractivity contribution >= 4 is 5.91 Å². The predicted octanol–water partition coefficient (Wildman–Crippen LogP) is 2.38. The van der Waals surface area contributed by atoms with Crippen molar-refractivity contribution in [2.24, 2.45) is 0 Å². The molecule has 144 valence electrons. The summed E-state index contributed by atoms with van der Waals surface area (Å²) in [5.41, 5.74) is 0.860. The van der Waals surface area contributed by atoms with Crippen LogP contribution in [0.2, 0.25) is 0 Å². The molecule has 0 bridgehead atoms. The summed E-state index contributed by atoms with van der Waals surface area (Å²) >= 11 is 0. The molecule has 6 nitrogen and oxygen atoms in total. The Morgan fingerprint density at radius 3 is 2.57 bits per heavy atom. The van der Waals surface area contributed by atoms with Gasteiger partial charge < -0.3 is 10.1 Å². The van der Waals surface area contributed by atoms with Gasteiger partial charge in [-0.3, -0.25) is 9.59 Å². The zero-order chi connectivity index (χ0) is 19.9. The first kappa shape index (κ1) is 19.2. The molecule has 0 saturated heterocycles. The molecule has 1 amide bonds. The van der Waals surface area contributed by atoms with Crippen LogP contribution in [0.5, 0.6) is 5.75 Å². The summed E-state index contributed by atoms with van der Waals surface area (Å²) in [6.45, 7) is 0.0338. The lowest BCUT2D eigenvalue weighted by Gasteiger charge is -2.09. The molecule has 0 unspecified atom stereocenters. The third-order valence-corrected chi connectivity index (χ3v) is 3.82. The summed E-state index contributed by atoms with van der Waals surface area (Å²) in [4.78, 5) is 23.8. The number of amides is 1. The zero-order valence-corrected chi connectivity index (χ0v) is 14.8. The molecule has 0 aliphatic heterocycles. The molecule has 0 aliphatic carbocycles. The van der Waals surface area contributed by atoms with Gasteiger partial charge in [0.25, 0.3) is 11.5 Å². The minimum Gasteiger partial charge on any atom is -0.484 e. The SMILES string of the molecule is O=C(COc1cccc(F)c1)NCCn1nc(-c2ccc(F)cc2)ccc1=O. The molecule has 0 saturated carbocycles. The van der Waals surface area contributed by atoms with Crippen molar-refractivity contribution in [2.75, 3.05) is 13.2 Å². The molecule has 0 fully saturated rings. The molecular weight excluding hydrogens is 368 g/mol. The Morgan fingerprint density at radius 2 is 1.82 bits per heavy atom. The molecule has 3 rings (SSSR count). The van der Waals surface area contributed by atoms with Crippen LogP contribution in [0.25, 0.3) is 11.3 Å². The van der Waals surface area contributed by atoms with Gasteiger partial charge in [0.1, 0.15) is 17.4 Å². The Kier molecular flexibility index (Phi) is 6.11. The third-order valence-electron chi connectivity index (χ3n) is 3.82. The normalized spacial score (nSPS) is 10.5. The van der Waals surface area contributed by atoms with Crippen LogP contribution in [0.1, 0.15) is 0 Å². The smallest absolute Gasteiger partial charge is 0.266 e. The van der Waals surface area contributed by atoms with Gasteiger partial charge in [0.05, 0.1) is 12.2 Å². The lowest BCUT2D eigenvalue weighted by atomic mass is 10.1. The van der Waals surface area contributed by atoms with Gasteiger partial charge in [-0.2, -0.15) is 5.10 Å².